The Hall–Kier alpha value is -1.10. The van der Waals surface area contributed by atoms with Gasteiger partial charge in [-0.2, -0.15) is 0 Å². The highest BCUT2D eigenvalue weighted by Crippen LogP contribution is 2.23. The average Bonchev–Trinajstić information content (AvgIpc) is 2.37. The Morgan fingerprint density at radius 3 is 2.78 bits per heavy atom. The monoisotopic (exact) mass is 256 g/mol. The third kappa shape index (κ3) is 3.70. The van der Waals surface area contributed by atoms with Crippen LogP contribution in [0.25, 0.3) is 0 Å². The molecule has 0 aromatic carbocycles. The van der Waals surface area contributed by atoms with Crippen molar-refractivity contribution in [2.75, 3.05) is 13.1 Å². The summed E-state index contributed by atoms with van der Waals surface area (Å²) in [6.07, 6.45) is 2.21. The molecule has 1 saturated heterocycles. The Morgan fingerprint density at radius 2 is 2.22 bits per heavy atom. The topological polar surface area (TPSA) is 69.6 Å². The summed E-state index contributed by atoms with van der Waals surface area (Å²) < 4.78 is 0. The van der Waals surface area contributed by atoms with Crippen LogP contribution in [0, 0.1) is 0 Å². The number of nitrogens with one attached hydrogen (secondary N) is 1. The summed E-state index contributed by atoms with van der Waals surface area (Å²) in [6, 6.07) is -0.352. The van der Waals surface area contributed by atoms with Gasteiger partial charge in [0.1, 0.15) is 0 Å². The van der Waals surface area contributed by atoms with E-state index in [-0.39, 0.29) is 23.9 Å². The van der Waals surface area contributed by atoms with E-state index in [0.29, 0.717) is 6.42 Å². The molecule has 0 spiro atoms. The van der Waals surface area contributed by atoms with Gasteiger partial charge in [-0.1, -0.05) is 6.92 Å². The van der Waals surface area contributed by atoms with Crippen molar-refractivity contribution in [3.05, 3.63) is 0 Å². The molecule has 1 heterocycles. The Morgan fingerprint density at radius 1 is 1.56 bits per heavy atom. The van der Waals surface area contributed by atoms with Gasteiger partial charge >= 0.3 is 5.97 Å². The lowest BCUT2D eigenvalue weighted by atomic mass is 9.98. The van der Waals surface area contributed by atoms with E-state index in [1.54, 1.807) is 0 Å². The summed E-state index contributed by atoms with van der Waals surface area (Å²) in [5, 5.41) is 11.9. The molecule has 0 bridgehead atoms. The zero-order valence-electron chi connectivity index (χ0n) is 11.5. The quantitative estimate of drug-likeness (QED) is 0.776. The summed E-state index contributed by atoms with van der Waals surface area (Å²) in [5.74, 6) is -0.809. The zero-order valence-corrected chi connectivity index (χ0v) is 11.5. The Bertz CT molecular complexity index is 315. The Kier molecular flexibility index (Phi) is 5.14. The van der Waals surface area contributed by atoms with Gasteiger partial charge in [0.25, 0.3) is 0 Å². The molecule has 1 fully saturated rings. The minimum atomic E-state index is -0.852. The first-order valence-electron chi connectivity index (χ1n) is 6.65. The van der Waals surface area contributed by atoms with Gasteiger partial charge in [0.2, 0.25) is 5.91 Å². The van der Waals surface area contributed by atoms with Gasteiger partial charge in [0.05, 0.1) is 6.04 Å². The predicted molar refractivity (Wildman–Crippen MR) is 69.4 cm³/mol. The van der Waals surface area contributed by atoms with Crippen LogP contribution in [-0.4, -0.2) is 46.6 Å². The maximum absolute atomic E-state index is 12.4. The molecule has 1 amide bonds. The molecule has 5 nitrogen and oxygen atoms in total. The fraction of sp³-hybridized carbons (Fsp3) is 0.846. The van der Waals surface area contributed by atoms with Crippen molar-refractivity contribution in [3.63, 3.8) is 0 Å². The van der Waals surface area contributed by atoms with E-state index in [2.05, 4.69) is 19.2 Å². The summed E-state index contributed by atoms with van der Waals surface area (Å²) in [4.78, 5) is 25.0. The van der Waals surface area contributed by atoms with Crippen molar-refractivity contribution in [1.29, 1.82) is 0 Å². The number of nitrogens with zero attached hydrogens (tertiary/aromatic N) is 1. The van der Waals surface area contributed by atoms with Crippen LogP contribution in [0.15, 0.2) is 0 Å². The molecule has 1 aliphatic heterocycles. The second-order valence-electron chi connectivity index (χ2n) is 5.49. The lowest BCUT2D eigenvalue weighted by molar-refractivity contribution is -0.139. The van der Waals surface area contributed by atoms with Crippen molar-refractivity contribution in [3.8, 4) is 0 Å². The van der Waals surface area contributed by atoms with Crippen molar-refractivity contribution in [2.45, 2.75) is 58.0 Å². The Labute approximate surface area is 109 Å². The van der Waals surface area contributed by atoms with Gasteiger partial charge in [-0.05, 0) is 39.7 Å². The summed E-state index contributed by atoms with van der Waals surface area (Å²) in [6.45, 7) is 7.68. The van der Waals surface area contributed by atoms with E-state index in [1.165, 1.54) is 0 Å². The van der Waals surface area contributed by atoms with Crippen LogP contribution >= 0.6 is 0 Å². The van der Waals surface area contributed by atoms with Crippen LogP contribution in [0.3, 0.4) is 0 Å². The highest BCUT2D eigenvalue weighted by molar-refractivity contribution is 5.83. The number of amides is 1. The normalized spacial score (nSPS) is 23.8. The van der Waals surface area contributed by atoms with E-state index in [0.717, 1.165) is 25.9 Å². The smallest absolute Gasteiger partial charge is 0.303 e. The number of aliphatic carboxylic acids is 1. The third-order valence-electron chi connectivity index (χ3n) is 3.52. The number of carboxylic acids is 1. The van der Waals surface area contributed by atoms with Crippen LogP contribution in [0.2, 0.25) is 0 Å². The maximum atomic E-state index is 12.4. The van der Waals surface area contributed by atoms with Gasteiger partial charge < -0.3 is 15.3 Å². The summed E-state index contributed by atoms with van der Waals surface area (Å²) in [5.41, 5.74) is -0.155. The Balaban J connectivity index is 2.77. The highest BCUT2D eigenvalue weighted by atomic mass is 16.4. The molecule has 1 rings (SSSR count). The van der Waals surface area contributed by atoms with Crippen LogP contribution < -0.4 is 5.32 Å². The van der Waals surface area contributed by atoms with Gasteiger partial charge in [0, 0.05) is 18.5 Å². The molecule has 5 heteroatoms. The van der Waals surface area contributed by atoms with Crippen LogP contribution in [0.1, 0.15) is 46.5 Å². The number of carbonyl (C=O) groups excluding carboxylic acids is 1. The first kappa shape index (κ1) is 15.0. The lowest BCUT2D eigenvalue weighted by Gasteiger charge is -2.37. The maximum Gasteiger partial charge on any atom is 0.303 e. The first-order valence-corrected chi connectivity index (χ1v) is 6.65. The molecule has 1 aliphatic rings. The molecule has 0 radical (unpaired) electrons. The number of carbonyl (C=O) groups is 2. The molecule has 1 atom stereocenters. The zero-order chi connectivity index (χ0) is 13.8. The number of rotatable bonds is 5. The van der Waals surface area contributed by atoms with Gasteiger partial charge in [-0.25, -0.2) is 0 Å². The summed E-state index contributed by atoms with van der Waals surface area (Å²) >= 11 is 0. The summed E-state index contributed by atoms with van der Waals surface area (Å²) in [7, 11) is 0. The molecule has 18 heavy (non-hydrogen) atoms. The molecular weight excluding hydrogens is 232 g/mol. The van der Waals surface area contributed by atoms with Crippen molar-refractivity contribution < 1.29 is 14.7 Å². The molecule has 0 aromatic heterocycles. The SMILES string of the molecule is CCCN1C(=O)C(CCC(=O)O)NCCC1(C)C. The van der Waals surface area contributed by atoms with E-state index in [4.69, 9.17) is 5.11 Å². The van der Waals surface area contributed by atoms with E-state index in [1.807, 2.05) is 11.8 Å². The van der Waals surface area contributed by atoms with Crippen molar-refractivity contribution >= 4 is 11.9 Å². The number of hydrogen-bond acceptors (Lipinski definition) is 3. The third-order valence-corrected chi connectivity index (χ3v) is 3.52. The van der Waals surface area contributed by atoms with Crippen LogP contribution in [-0.2, 0) is 9.59 Å². The molecule has 2 N–H and O–H groups in total. The van der Waals surface area contributed by atoms with Crippen LogP contribution in [0.5, 0.6) is 0 Å². The van der Waals surface area contributed by atoms with E-state index in [9.17, 15) is 9.59 Å². The predicted octanol–water partition coefficient (Wildman–Crippen LogP) is 1.23. The largest absolute Gasteiger partial charge is 0.481 e. The standard InChI is InChI=1S/C13H24N2O3/c1-4-9-15-12(18)10(5-6-11(16)17)14-8-7-13(15,2)3/h10,14H,4-9H2,1-3H3,(H,16,17). The van der Waals surface area contributed by atoms with E-state index >= 15 is 0 Å². The fourth-order valence-electron chi connectivity index (χ4n) is 2.39. The highest BCUT2D eigenvalue weighted by Gasteiger charge is 2.36. The van der Waals surface area contributed by atoms with Gasteiger partial charge in [0.15, 0.2) is 0 Å². The van der Waals surface area contributed by atoms with Crippen molar-refractivity contribution in [2.24, 2.45) is 0 Å². The number of carboxylic acid groups (broad SMARTS) is 1. The average molecular weight is 256 g/mol. The minimum absolute atomic E-state index is 0.0315. The van der Waals surface area contributed by atoms with Crippen LogP contribution in [0.4, 0.5) is 0 Å². The molecular formula is C13H24N2O3. The lowest BCUT2D eigenvalue weighted by Crippen LogP contribution is -2.51. The van der Waals surface area contributed by atoms with Gasteiger partial charge in [-0.3, -0.25) is 9.59 Å². The molecule has 1 unspecified atom stereocenters. The molecule has 0 aliphatic carbocycles. The minimum Gasteiger partial charge on any atom is -0.481 e. The number of hydrogen-bond donors (Lipinski definition) is 2. The molecule has 0 saturated carbocycles. The second-order valence-corrected chi connectivity index (χ2v) is 5.49. The van der Waals surface area contributed by atoms with Crippen molar-refractivity contribution in [1.82, 2.24) is 10.2 Å². The second kappa shape index (κ2) is 6.18. The molecule has 104 valence electrons. The van der Waals surface area contributed by atoms with Gasteiger partial charge in [-0.15, -0.1) is 0 Å². The first-order chi connectivity index (χ1) is 8.38. The van der Waals surface area contributed by atoms with E-state index < -0.39 is 5.97 Å². The molecule has 0 aromatic rings. The fourth-order valence-corrected chi connectivity index (χ4v) is 2.39.